The molecule has 0 radical (unpaired) electrons. The summed E-state index contributed by atoms with van der Waals surface area (Å²) in [7, 11) is 0. The molecule has 1 atom stereocenters. The topological polar surface area (TPSA) is 72.2 Å². The highest BCUT2D eigenvalue weighted by Crippen LogP contribution is 2.00. The van der Waals surface area contributed by atoms with E-state index >= 15 is 0 Å². The molecule has 1 saturated heterocycles. The summed E-state index contributed by atoms with van der Waals surface area (Å²) in [5, 5.41) is 0.341. The smallest absolute Gasteiger partial charge is 0.243 e. The fourth-order valence-electron chi connectivity index (χ4n) is 0.664. The molecule has 0 spiro atoms. The maximum Gasteiger partial charge on any atom is 0.243 e. The standard InChI is InChI=1S/C5H8N2O2.ClH/c6-3-1-2-4(8)7-5(3)9;/h3H,1-2,6H2,(H,7,8,9);1H/t3-;/m0./s1/i/hD. The molecule has 0 aliphatic carbocycles. The Labute approximate surface area is 66.0 Å². The molecule has 0 aromatic heterocycles. The number of carbonyl (C=O) groups excluding carboxylic acids is 2. The van der Waals surface area contributed by atoms with E-state index in [9.17, 15) is 9.59 Å². The van der Waals surface area contributed by atoms with Crippen LogP contribution in [0.25, 0.3) is 0 Å². The van der Waals surface area contributed by atoms with Gasteiger partial charge < -0.3 is 5.73 Å². The zero-order valence-corrected chi connectivity index (χ0v) is 6.06. The van der Waals surface area contributed by atoms with Crippen molar-refractivity contribution < 1.29 is 11.0 Å². The van der Waals surface area contributed by atoms with Crippen molar-refractivity contribution in [3.8, 4) is 0 Å². The summed E-state index contributed by atoms with van der Waals surface area (Å²) >= 11 is 0. The van der Waals surface area contributed by atoms with E-state index in [4.69, 9.17) is 7.15 Å². The minimum absolute atomic E-state index is 0. The van der Waals surface area contributed by atoms with Gasteiger partial charge >= 0.3 is 0 Å². The Balaban J connectivity index is 0.000001000. The van der Waals surface area contributed by atoms with E-state index in [0.717, 1.165) is 0 Å². The Morgan fingerprint density at radius 1 is 1.70 bits per heavy atom. The van der Waals surface area contributed by atoms with Crippen molar-refractivity contribution in [2.45, 2.75) is 18.9 Å². The third-order valence-corrected chi connectivity index (χ3v) is 1.22. The van der Waals surface area contributed by atoms with Crippen molar-refractivity contribution in [3.05, 3.63) is 0 Å². The number of hydrogen-bond acceptors (Lipinski definition) is 3. The maximum absolute atomic E-state index is 10.7. The SMILES string of the molecule is Cl.[2H]N1C(=O)CC[C@H](N)C1=O. The van der Waals surface area contributed by atoms with Crippen molar-refractivity contribution in [2.75, 3.05) is 0 Å². The predicted molar refractivity (Wildman–Crippen MR) is 37.6 cm³/mol. The highest BCUT2D eigenvalue weighted by Gasteiger charge is 2.22. The van der Waals surface area contributed by atoms with E-state index in [1.54, 1.807) is 0 Å². The quantitative estimate of drug-likeness (QED) is 0.461. The van der Waals surface area contributed by atoms with Gasteiger partial charge in [0.2, 0.25) is 11.8 Å². The number of halogens is 1. The number of nitrogens with two attached hydrogens (primary N) is 1. The van der Waals surface area contributed by atoms with Gasteiger partial charge in [-0.1, -0.05) is 0 Å². The monoisotopic (exact) mass is 165 g/mol. The molecule has 3 N–H and O–H groups in total. The van der Waals surface area contributed by atoms with Gasteiger partial charge in [-0.2, -0.15) is 0 Å². The first kappa shape index (κ1) is 7.50. The first-order valence-corrected chi connectivity index (χ1v) is 2.74. The summed E-state index contributed by atoms with van der Waals surface area (Å²) in [5.41, 5.74) is 5.27. The minimum Gasteiger partial charge on any atom is -0.320 e. The molecular weight excluding hydrogens is 156 g/mol. The van der Waals surface area contributed by atoms with Gasteiger partial charge in [0.15, 0.2) is 1.41 Å². The van der Waals surface area contributed by atoms with Crippen LogP contribution in [-0.4, -0.2) is 17.9 Å². The number of rotatable bonds is 0. The second-order valence-electron chi connectivity index (χ2n) is 1.99. The lowest BCUT2D eigenvalue weighted by atomic mass is 10.1. The van der Waals surface area contributed by atoms with E-state index < -0.39 is 17.9 Å². The van der Waals surface area contributed by atoms with Crippen LogP contribution < -0.4 is 11.0 Å². The van der Waals surface area contributed by atoms with Gasteiger partial charge in [-0.3, -0.25) is 14.9 Å². The number of imide groups is 1. The van der Waals surface area contributed by atoms with E-state index in [2.05, 4.69) is 0 Å². The summed E-state index contributed by atoms with van der Waals surface area (Å²) in [6, 6.07) is -0.657. The van der Waals surface area contributed by atoms with Crippen molar-refractivity contribution in [3.63, 3.8) is 0 Å². The van der Waals surface area contributed by atoms with Crippen LogP contribution in [0.3, 0.4) is 0 Å². The largest absolute Gasteiger partial charge is 0.320 e. The lowest BCUT2D eigenvalue weighted by Gasteiger charge is -2.15. The Morgan fingerprint density at radius 3 is 2.80 bits per heavy atom. The summed E-state index contributed by atoms with van der Waals surface area (Å²) in [6.07, 6.45) is 0.573. The van der Waals surface area contributed by atoms with Gasteiger partial charge in [-0.05, 0) is 6.42 Å². The molecule has 1 aliphatic heterocycles. The van der Waals surface area contributed by atoms with Crippen molar-refractivity contribution >= 4 is 24.2 Å². The number of carbonyl (C=O) groups is 2. The van der Waals surface area contributed by atoms with Crippen LogP contribution in [0.4, 0.5) is 0 Å². The maximum atomic E-state index is 10.7. The second kappa shape index (κ2) is 3.53. The third kappa shape index (κ3) is 1.97. The molecule has 1 fully saturated rings. The first-order chi connectivity index (χ1) is 4.63. The van der Waals surface area contributed by atoms with Crippen molar-refractivity contribution in [1.82, 2.24) is 5.31 Å². The van der Waals surface area contributed by atoms with Crippen LogP contribution in [-0.2, 0) is 9.59 Å². The van der Waals surface area contributed by atoms with Gasteiger partial charge in [-0.25, -0.2) is 0 Å². The van der Waals surface area contributed by atoms with Gasteiger partial charge in [-0.15, -0.1) is 12.4 Å². The van der Waals surface area contributed by atoms with E-state index in [1.165, 1.54) is 0 Å². The first-order valence-electron chi connectivity index (χ1n) is 3.19. The van der Waals surface area contributed by atoms with Gasteiger partial charge in [0, 0.05) is 6.42 Å². The highest BCUT2D eigenvalue weighted by molar-refractivity contribution is 6.00. The zero-order valence-electron chi connectivity index (χ0n) is 6.24. The molecule has 10 heavy (non-hydrogen) atoms. The van der Waals surface area contributed by atoms with Crippen molar-refractivity contribution in [1.29, 1.82) is 0 Å². The lowest BCUT2D eigenvalue weighted by Crippen LogP contribution is -2.48. The van der Waals surface area contributed by atoms with Crippen LogP contribution >= 0.6 is 12.4 Å². The summed E-state index contributed by atoms with van der Waals surface area (Å²) in [6.45, 7) is 0. The molecule has 4 nitrogen and oxygen atoms in total. The number of hydrogen-bond donors (Lipinski definition) is 2. The highest BCUT2D eigenvalue weighted by atomic mass is 35.5. The third-order valence-electron chi connectivity index (χ3n) is 1.22. The molecule has 0 aromatic carbocycles. The van der Waals surface area contributed by atoms with Crippen LogP contribution in [0.2, 0.25) is 1.41 Å². The molecule has 0 unspecified atom stereocenters. The van der Waals surface area contributed by atoms with Crippen LogP contribution in [0.5, 0.6) is 0 Å². The average molecular weight is 166 g/mol. The molecule has 1 rings (SSSR count). The number of nitrogens with one attached hydrogen (secondary N) is 1. The van der Waals surface area contributed by atoms with Gasteiger partial charge in [0.25, 0.3) is 0 Å². The molecule has 0 aromatic rings. The number of piperidine rings is 1. The fourth-order valence-corrected chi connectivity index (χ4v) is 0.664. The number of amides is 2. The van der Waals surface area contributed by atoms with Crippen LogP contribution in [0.1, 0.15) is 12.8 Å². The summed E-state index contributed by atoms with van der Waals surface area (Å²) < 4.78 is 6.87. The molecule has 1 aliphatic rings. The molecule has 5 heteroatoms. The molecule has 2 amide bonds. The molecule has 58 valence electrons. The van der Waals surface area contributed by atoms with Crippen LogP contribution in [0.15, 0.2) is 0 Å². The van der Waals surface area contributed by atoms with Gasteiger partial charge in [0.1, 0.15) is 0 Å². The van der Waals surface area contributed by atoms with Crippen LogP contribution in [0, 0.1) is 0 Å². The van der Waals surface area contributed by atoms with E-state index in [1.807, 2.05) is 0 Å². The second-order valence-corrected chi connectivity index (χ2v) is 1.99. The average Bonchev–Trinajstić information content (AvgIpc) is 1.93. The molecule has 0 bridgehead atoms. The summed E-state index contributed by atoms with van der Waals surface area (Å²) in [5.74, 6) is -1.07. The lowest BCUT2D eigenvalue weighted by molar-refractivity contribution is -0.134. The Kier molecular flexibility index (Phi) is 2.65. The minimum atomic E-state index is -0.657. The molecule has 1 heterocycles. The van der Waals surface area contributed by atoms with Crippen molar-refractivity contribution in [2.24, 2.45) is 5.73 Å². The Hall–Kier alpha value is -0.610. The predicted octanol–water partition coefficient (Wildman–Crippen LogP) is -0.828. The zero-order chi connectivity index (χ0) is 7.72. The van der Waals surface area contributed by atoms with Gasteiger partial charge in [0.05, 0.1) is 6.04 Å². The summed E-state index contributed by atoms with van der Waals surface area (Å²) in [4.78, 5) is 21.3. The normalized spacial score (nSPS) is 27.5. The molecule has 0 saturated carbocycles. The van der Waals surface area contributed by atoms with E-state index in [0.29, 0.717) is 11.7 Å². The molecular formula is C5H9ClN2O2. The van der Waals surface area contributed by atoms with E-state index in [-0.39, 0.29) is 18.8 Å². The Bertz CT molecular complexity index is 187. The Morgan fingerprint density at radius 2 is 2.30 bits per heavy atom. The fraction of sp³-hybridized carbons (Fsp3) is 0.600.